The van der Waals surface area contributed by atoms with Crippen molar-refractivity contribution in [3.63, 3.8) is 0 Å². The Morgan fingerprint density at radius 1 is 1.54 bits per heavy atom. The minimum absolute atomic E-state index is 0.524. The number of aromatic nitrogens is 2. The van der Waals surface area contributed by atoms with E-state index in [0.29, 0.717) is 16.6 Å². The molecule has 6 heteroatoms. The van der Waals surface area contributed by atoms with Crippen molar-refractivity contribution < 1.29 is 13.2 Å². The van der Waals surface area contributed by atoms with Gasteiger partial charge in [-0.05, 0) is 22.4 Å². The van der Waals surface area contributed by atoms with E-state index in [9.17, 15) is 13.2 Å². The zero-order valence-corrected chi connectivity index (χ0v) is 8.48. The van der Waals surface area contributed by atoms with E-state index in [-0.39, 0.29) is 0 Å². The third-order valence-electron chi connectivity index (χ3n) is 1.56. The molecule has 0 unspecified atom stereocenters. The summed E-state index contributed by atoms with van der Waals surface area (Å²) < 4.78 is 37.6. The SMILES string of the molecule is CCc1c(Br)cnn1CC(F)(F)F. The van der Waals surface area contributed by atoms with Gasteiger partial charge < -0.3 is 0 Å². The molecule has 0 saturated heterocycles. The van der Waals surface area contributed by atoms with Crippen molar-refractivity contribution in [2.75, 3.05) is 0 Å². The summed E-state index contributed by atoms with van der Waals surface area (Å²) in [7, 11) is 0. The molecule has 1 aromatic rings. The first kappa shape index (κ1) is 10.6. The van der Waals surface area contributed by atoms with Crippen molar-refractivity contribution in [2.24, 2.45) is 0 Å². The zero-order valence-electron chi connectivity index (χ0n) is 6.90. The Hall–Kier alpha value is -0.520. The van der Waals surface area contributed by atoms with E-state index in [1.165, 1.54) is 6.20 Å². The molecule has 1 rings (SSSR count). The molecule has 0 saturated carbocycles. The van der Waals surface area contributed by atoms with Crippen LogP contribution in [0.5, 0.6) is 0 Å². The summed E-state index contributed by atoms with van der Waals surface area (Å²) in [6, 6.07) is 0. The molecule has 1 heterocycles. The maximum Gasteiger partial charge on any atom is 0.408 e. The molecule has 13 heavy (non-hydrogen) atoms. The van der Waals surface area contributed by atoms with Gasteiger partial charge >= 0.3 is 6.18 Å². The van der Waals surface area contributed by atoms with Crippen molar-refractivity contribution in [1.29, 1.82) is 0 Å². The highest BCUT2D eigenvalue weighted by atomic mass is 79.9. The number of alkyl halides is 3. The molecular formula is C7H8BrF3N2. The van der Waals surface area contributed by atoms with Crippen LogP contribution in [-0.2, 0) is 13.0 Å². The van der Waals surface area contributed by atoms with Crippen LogP contribution < -0.4 is 0 Å². The number of nitrogens with zero attached hydrogens (tertiary/aromatic N) is 2. The lowest BCUT2D eigenvalue weighted by Crippen LogP contribution is -2.20. The van der Waals surface area contributed by atoms with Crippen molar-refractivity contribution in [3.05, 3.63) is 16.4 Å². The summed E-state index contributed by atoms with van der Waals surface area (Å²) in [5, 5.41) is 3.62. The van der Waals surface area contributed by atoms with E-state index in [0.717, 1.165) is 4.68 Å². The average molecular weight is 257 g/mol. The zero-order chi connectivity index (χ0) is 10.1. The first-order valence-corrected chi connectivity index (χ1v) is 4.50. The number of hydrogen-bond donors (Lipinski definition) is 0. The van der Waals surface area contributed by atoms with Gasteiger partial charge in [-0.3, -0.25) is 4.68 Å². The fraction of sp³-hybridized carbons (Fsp3) is 0.571. The predicted octanol–water partition coefficient (Wildman–Crippen LogP) is 2.77. The summed E-state index contributed by atoms with van der Waals surface area (Å²) in [5.74, 6) is 0. The lowest BCUT2D eigenvalue weighted by molar-refractivity contribution is -0.143. The number of hydrogen-bond acceptors (Lipinski definition) is 1. The van der Waals surface area contributed by atoms with Crippen LogP contribution in [0, 0.1) is 0 Å². The van der Waals surface area contributed by atoms with Gasteiger partial charge in [0.25, 0.3) is 0 Å². The van der Waals surface area contributed by atoms with Gasteiger partial charge in [0.15, 0.2) is 0 Å². The van der Waals surface area contributed by atoms with Crippen molar-refractivity contribution in [2.45, 2.75) is 26.1 Å². The van der Waals surface area contributed by atoms with E-state index in [4.69, 9.17) is 0 Å². The molecule has 0 aliphatic rings. The second-order valence-corrected chi connectivity index (χ2v) is 3.42. The molecule has 0 atom stereocenters. The van der Waals surface area contributed by atoms with E-state index in [2.05, 4.69) is 21.0 Å². The first-order chi connectivity index (χ1) is 5.94. The summed E-state index contributed by atoms with van der Waals surface area (Å²) in [4.78, 5) is 0. The predicted molar refractivity (Wildman–Crippen MR) is 45.4 cm³/mol. The van der Waals surface area contributed by atoms with Gasteiger partial charge in [-0.2, -0.15) is 18.3 Å². The van der Waals surface area contributed by atoms with Crippen molar-refractivity contribution >= 4 is 15.9 Å². The molecule has 0 aliphatic carbocycles. The summed E-state index contributed by atoms with van der Waals surface area (Å²) in [6.45, 7) is 0.760. The van der Waals surface area contributed by atoms with Crippen LogP contribution >= 0.6 is 15.9 Å². The minimum atomic E-state index is -4.21. The van der Waals surface area contributed by atoms with Crippen molar-refractivity contribution in [1.82, 2.24) is 9.78 Å². The smallest absolute Gasteiger partial charge is 0.259 e. The fourth-order valence-electron chi connectivity index (χ4n) is 1.05. The normalized spacial score (nSPS) is 12.1. The summed E-state index contributed by atoms with van der Waals surface area (Å²) in [6.07, 6.45) is -2.31. The summed E-state index contributed by atoms with van der Waals surface area (Å²) >= 11 is 3.13. The van der Waals surface area contributed by atoms with Crippen LogP contribution in [0.1, 0.15) is 12.6 Å². The van der Waals surface area contributed by atoms with Gasteiger partial charge in [0.1, 0.15) is 6.54 Å². The van der Waals surface area contributed by atoms with Crippen LogP contribution in [0.15, 0.2) is 10.7 Å². The van der Waals surface area contributed by atoms with Gasteiger partial charge in [0, 0.05) is 0 Å². The highest BCUT2D eigenvalue weighted by Crippen LogP contribution is 2.22. The first-order valence-electron chi connectivity index (χ1n) is 3.71. The van der Waals surface area contributed by atoms with Gasteiger partial charge in [-0.1, -0.05) is 6.92 Å². The molecule has 2 nitrogen and oxygen atoms in total. The Bertz CT molecular complexity index is 292. The van der Waals surface area contributed by atoms with E-state index in [1.54, 1.807) is 6.92 Å². The van der Waals surface area contributed by atoms with E-state index < -0.39 is 12.7 Å². The van der Waals surface area contributed by atoms with Gasteiger partial charge in [0.05, 0.1) is 16.4 Å². The van der Waals surface area contributed by atoms with Crippen LogP contribution in [0.4, 0.5) is 13.2 Å². The minimum Gasteiger partial charge on any atom is -0.259 e. The van der Waals surface area contributed by atoms with Crippen LogP contribution in [0.2, 0.25) is 0 Å². The Kier molecular flexibility index (Phi) is 3.00. The quantitative estimate of drug-likeness (QED) is 0.796. The molecule has 1 aromatic heterocycles. The second kappa shape index (κ2) is 3.69. The Labute approximate surface area is 81.9 Å². The van der Waals surface area contributed by atoms with Crippen LogP contribution in [-0.4, -0.2) is 16.0 Å². The molecule has 0 aromatic carbocycles. The fourth-order valence-corrected chi connectivity index (χ4v) is 1.62. The monoisotopic (exact) mass is 256 g/mol. The summed E-state index contributed by atoms with van der Waals surface area (Å²) in [5.41, 5.74) is 0.567. The molecule has 0 N–H and O–H groups in total. The third-order valence-corrected chi connectivity index (χ3v) is 2.22. The van der Waals surface area contributed by atoms with Gasteiger partial charge in [-0.25, -0.2) is 0 Å². The topological polar surface area (TPSA) is 17.8 Å². The maximum absolute atomic E-state index is 12.0. The highest BCUT2D eigenvalue weighted by Gasteiger charge is 2.29. The Morgan fingerprint density at radius 3 is 2.62 bits per heavy atom. The van der Waals surface area contributed by atoms with E-state index in [1.807, 2.05) is 0 Å². The largest absolute Gasteiger partial charge is 0.408 e. The lowest BCUT2D eigenvalue weighted by atomic mass is 10.3. The number of halogens is 4. The molecule has 74 valence electrons. The molecule has 0 aliphatic heterocycles. The number of rotatable bonds is 2. The molecule has 0 amide bonds. The van der Waals surface area contributed by atoms with E-state index >= 15 is 0 Å². The Balaban J connectivity index is 2.89. The van der Waals surface area contributed by atoms with Crippen LogP contribution in [0.3, 0.4) is 0 Å². The third kappa shape index (κ3) is 2.72. The molecule has 0 fully saturated rings. The second-order valence-electron chi connectivity index (χ2n) is 2.57. The van der Waals surface area contributed by atoms with Crippen molar-refractivity contribution in [3.8, 4) is 0 Å². The Morgan fingerprint density at radius 2 is 2.15 bits per heavy atom. The molecule has 0 bridgehead atoms. The highest BCUT2D eigenvalue weighted by molar-refractivity contribution is 9.10. The standard InChI is InChI=1S/C7H8BrF3N2/c1-2-6-5(8)3-12-13(6)4-7(9,10)11/h3H,2,4H2,1H3. The molecular weight excluding hydrogens is 249 g/mol. The van der Waals surface area contributed by atoms with Gasteiger partial charge in [0.2, 0.25) is 0 Å². The molecule has 0 spiro atoms. The molecule has 0 radical (unpaired) electrons. The lowest BCUT2D eigenvalue weighted by Gasteiger charge is -2.08. The van der Waals surface area contributed by atoms with Crippen LogP contribution in [0.25, 0.3) is 0 Å². The maximum atomic E-state index is 12.0. The average Bonchev–Trinajstić information content (AvgIpc) is 2.28. The van der Waals surface area contributed by atoms with Gasteiger partial charge in [-0.15, -0.1) is 0 Å².